The summed E-state index contributed by atoms with van der Waals surface area (Å²) >= 11 is 11.5. The van der Waals surface area contributed by atoms with E-state index in [9.17, 15) is 8.78 Å². The summed E-state index contributed by atoms with van der Waals surface area (Å²) in [4.78, 5) is 2.50. The van der Waals surface area contributed by atoms with E-state index >= 15 is 0 Å². The SMILES string of the molecule is CNCCN(CC(C)CCF)C1CC(C/C=C(\C=C/N)Nc2cc(-c3cc(Cl)ccc3F)n[nH]c2=S)C1. The van der Waals surface area contributed by atoms with Crippen LogP contribution >= 0.6 is 23.8 Å². The maximum Gasteiger partial charge on any atom is 0.143 e. The summed E-state index contributed by atoms with van der Waals surface area (Å²) < 4.78 is 27.5. The maximum absolute atomic E-state index is 14.4. The molecule has 2 aromatic rings. The van der Waals surface area contributed by atoms with E-state index in [0.29, 0.717) is 45.3 Å². The third kappa shape index (κ3) is 8.60. The maximum atomic E-state index is 14.4. The summed E-state index contributed by atoms with van der Waals surface area (Å²) in [6.07, 6.45) is 9.08. The minimum Gasteiger partial charge on any atom is -0.405 e. The van der Waals surface area contributed by atoms with E-state index in [1.165, 1.54) is 24.4 Å². The second-order valence-corrected chi connectivity index (χ2v) is 10.5. The Labute approximate surface area is 228 Å². The van der Waals surface area contributed by atoms with Crippen LogP contribution in [-0.4, -0.2) is 54.5 Å². The molecular weight excluding hydrogens is 514 g/mol. The average molecular weight is 551 g/mol. The van der Waals surface area contributed by atoms with E-state index in [1.54, 1.807) is 12.1 Å². The summed E-state index contributed by atoms with van der Waals surface area (Å²) in [7, 11) is 1.96. The molecule has 0 bridgehead atoms. The van der Waals surface area contributed by atoms with Crippen molar-refractivity contribution in [3.05, 3.63) is 63.8 Å². The standard InChI is InChI=1S/C27H37ClF2N6S/c1-18(7-9-29)17-36(12-11-32-2)22-13-19(14-22)3-5-21(8-10-31)33-26-16-25(34-35-27(26)37)23-15-20(28)4-6-24(23)30/h4-6,8,10,15-16,18-19,22,32H,3,7,9,11-14,17,31H2,1-2H3,(H,33,34)(H,35,37)/b10-8-,21-5+. The molecule has 1 atom stereocenters. The van der Waals surface area contributed by atoms with Gasteiger partial charge in [-0.1, -0.05) is 36.8 Å². The largest absolute Gasteiger partial charge is 0.405 e. The number of H-pyrrole nitrogens is 1. The number of likely N-dealkylation sites (N-methyl/N-ethyl adjacent to an activating group) is 1. The average Bonchev–Trinajstić information content (AvgIpc) is 2.84. The van der Waals surface area contributed by atoms with Crippen LogP contribution in [-0.2, 0) is 0 Å². The van der Waals surface area contributed by atoms with Crippen molar-refractivity contribution in [1.82, 2.24) is 20.4 Å². The van der Waals surface area contributed by atoms with Gasteiger partial charge in [0, 0.05) is 42.0 Å². The van der Waals surface area contributed by atoms with Crippen LogP contribution in [0.15, 0.2) is 48.3 Å². The van der Waals surface area contributed by atoms with Crippen molar-refractivity contribution in [3.8, 4) is 11.3 Å². The Morgan fingerprint density at radius 3 is 2.86 bits per heavy atom. The van der Waals surface area contributed by atoms with E-state index in [2.05, 4.69) is 38.7 Å². The van der Waals surface area contributed by atoms with E-state index in [0.717, 1.165) is 44.6 Å². The summed E-state index contributed by atoms with van der Waals surface area (Å²) in [5.74, 6) is 0.485. The van der Waals surface area contributed by atoms with E-state index in [-0.39, 0.29) is 12.2 Å². The molecule has 37 heavy (non-hydrogen) atoms. The van der Waals surface area contributed by atoms with Crippen LogP contribution in [0.5, 0.6) is 0 Å². The van der Waals surface area contributed by atoms with Crippen molar-refractivity contribution >= 4 is 29.5 Å². The van der Waals surface area contributed by atoms with Crippen molar-refractivity contribution in [2.24, 2.45) is 17.6 Å². The molecule has 0 radical (unpaired) electrons. The number of anilines is 1. The number of nitrogens with two attached hydrogens (primary N) is 1. The zero-order valence-corrected chi connectivity index (χ0v) is 23.0. The minimum absolute atomic E-state index is 0.264. The van der Waals surface area contributed by atoms with Gasteiger partial charge in [0.1, 0.15) is 10.5 Å². The van der Waals surface area contributed by atoms with Gasteiger partial charge in [-0.25, -0.2) is 4.39 Å². The molecule has 5 N–H and O–H groups in total. The van der Waals surface area contributed by atoms with Gasteiger partial charge in [0.2, 0.25) is 0 Å². The van der Waals surface area contributed by atoms with Gasteiger partial charge in [0.05, 0.1) is 18.1 Å². The molecule has 202 valence electrons. The molecule has 0 saturated heterocycles. The summed E-state index contributed by atoms with van der Waals surface area (Å²) in [6.45, 7) is 4.68. The first kappa shape index (κ1) is 29.2. The van der Waals surface area contributed by atoms with E-state index in [1.807, 2.05) is 7.05 Å². The Kier molecular flexibility index (Phi) is 11.5. The van der Waals surface area contributed by atoms with Crippen molar-refractivity contribution < 1.29 is 8.78 Å². The predicted octanol–water partition coefficient (Wildman–Crippen LogP) is 6.05. The fourth-order valence-electron chi connectivity index (χ4n) is 4.59. The van der Waals surface area contributed by atoms with Gasteiger partial charge in [0.25, 0.3) is 0 Å². The number of nitrogens with one attached hydrogen (secondary N) is 3. The predicted molar refractivity (Wildman–Crippen MR) is 151 cm³/mol. The lowest BCUT2D eigenvalue weighted by Crippen LogP contribution is -2.48. The summed E-state index contributed by atoms with van der Waals surface area (Å²) in [5.41, 5.74) is 7.77. The number of aromatic amines is 1. The van der Waals surface area contributed by atoms with Crippen LogP contribution in [0.25, 0.3) is 11.3 Å². The van der Waals surface area contributed by atoms with Crippen LogP contribution in [0, 0.1) is 22.3 Å². The Morgan fingerprint density at radius 2 is 2.16 bits per heavy atom. The van der Waals surface area contributed by atoms with E-state index in [4.69, 9.17) is 29.6 Å². The lowest BCUT2D eigenvalue weighted by Gasteiger charge is -2.44. The van der Waals surface area contributed by atoms with Crippen LogP contribution in [0.2, 0.25) is 5.02 Å². The normalized spacial score (nSPS) is 18.8. The van der Waals surface area contributed by atoms with Crippen molar-refractivity contribution in [2.75, 3.05) is 38.7 Å². The fourth-order valence-corrected chi connectivity index (χ4v) is 4.92. The highest BCUT2D eigenvalue weighted by Crippen LogP contribution is 2.35. The highest BCUT2D eigenvalue weighted by atomic mass is 35.5. The van der Waals surface area contributed by atoms with Gasteiger partial charge in [-0.2, -0.15) is 5.10 Å². The Hall–Kier alpha value is -2.33. The second-order valence-electron chi connectivity index (χ2n) is 9.67. The quantitative estimate of drug-likeness (QED) is 0.169. The number of alkyl halides is 1. The van der Waals surface area contributed by atoms with Gasteiger partial charge in [-0.3, -0.25) is 14.4 Å². The first-order valence-corrected chi connectivity index (χ1v) is 13.5. The number of aromatic nitrogens is 2. The molecule has 1 unspecified atom stereocenters. The van der Waals surface area contributed by atoms with Gasteiger partial charge < -0.3 is 16.4 Å². The summed E-state index contributed by atoms with van der Waals surface area (Å²) in [6, 6.07) is 6.56. The Bertz CT molecular complexity index is 1130. The van der Waals surface area contributed by atoms with Gasteiger partial charge in [0.15, 0.2) is 0 Å². The second kappa shape index (κ2) is 14.6. The molecule has 1 fully saturated rings. The number of allylic oxidation sites excluding steroid dienone is 2. The van der Waals surface area contributed by atoms with E-state index < -0.39 is 5.82 Å². The van der Waals surface area contributed by atoms with Crippen molar-refractivity contribution in [1.29, 1.82) is 0 Å². The topological polar surface area (TPSA) is 82.0 Å². The van der Waals surface area contributed by atoms with Crippen LogP contribution in [0.3, 0.4) is 0 Å². The fraction of sp³-hybridized carbons (Fsp3) is 0.481. The Balaban J connectivity index is 1.65. The molecule has 1 aliphatic carbocycles. The van der Waals surface area contributed by atoms with Crippen LogP contribution in [0.4, 0.5) is 14.5 Å². The molecule has 0 spiro atoms. The molecule has 1 aromatic heterocycles. The highest BCUT2D eigenvalue weighted by molar-refractivity contribution is 7.71. The monoisotopic (exact) mass is 550 g/mol. The van der Waals surface area contributed by atoms with Gasteiger partial charge in [-0.05, 0) is 81.1 Å². The number of benzene rings is 1. The molecule has 0 amide bonds. The number of nitrogens with zero attached hydrogens (tertiary/aromatic N) is 2. The first-order chi connectivity index (χ1) is 17.8. The minimum atomic E-state index is -0.423. The van der Waals surface area contributed by atoms with Crippen LogP contribution in [0.1, 0.15) is 32.6 Å². The van der Waals surface area contributed by atoms with Crippen molar-refractivity contribution in [3.63, 3.8) is 0 Å². The highest BCUT2D eigenvalue weighted by Gasteiger charge is 2.33. The molecular formula is C27H37ClF2N6S. The number of rotatable bonds is 14. The number of halogens is 3. The third-order valence-corrected chi connectivity index (χ3v) is 7.30. The first-order valence-electron chi connectivity index (χ1n) is 12.7. The zero-order chi connectivity index (χ0) is 26.8. The van der Waals surface area contributed by atoms with Gasteiger partial charge >= 0.3 is 0 Å². The summed E-state index contributed by atoms with van der Waals surface area (Å²) in [5, 5.41) is 13.9. The molecule has 3 rings (SSSR count). The molecule has 1 aromatic carbocycles. The number of hydrogen-bond donors (Lipinski definition) is 4. The van der Waals surface area contributed by atoms with Crippen LogP contribution < -0.4 is 16.4 Å². The molecule has 1 aliphatic rings. The number of hydrogen-bond acceptors (Lipinski definition) is 6. The molecule has 6 nitrogen and oxygen atoms in total. The lowest BCUT2D eigenvalue weighted by molar-refractivity contribution is 0.0663. The molecule has 10 heteroatoms. The molecule has 0 aliphatic heterocycles. The van der Waals surface area contributed by atoms with Crippen molar-refractivity contribution in [2.45, 2.75) is 38.6 Å². The third-order valence-electron chi connectivity index (χ3n) is 6.76. The zero-order valence-electron chi connectivity index (χ0n) is 21.4. The molecule has 1 heterocycles. The Morgan fingerprint density at radius 1 is 1.38 bits per heavy atom. The smallest absolute Gasteiger partial charge is 0.143 e. The molecule has 1 saturated carbocycles. The van der Waals surface area contributed by atoms with Gasteiger partial charge in [-0.15, -0.1) is 0 Å². The lowest BCUT2D eigenvalue weighted by atomic mass is 9.77.